The Kier molecular flexibility index (Phi) is 8.77. The molecule has 226 valence electrons. The van der Waals surface area contributed by atoms with Gasteiger partial charge in [-0.15, -0.1) is 0 Å². The molecule has 1 aliphatic rings. The largest absolute Gasteiger partial charge is 0.508 e. The lowest BCUT2D eigenvalue weighted by Crippen LogP contribution is -2.45. The third-order valence-electron chi connectivity index (χ3n) is 7.28. The van der Waals surface area contributed by atoms with E-state index in [1.54, 1.807) is 53.4 Å². The number of nitrogens with one attached hydrogen (secondary N) is 1. The van der Waals surface area contributed by atoms with Gasteiger partial charge in [0.05, 0.1) is 41.1 Å². The third-order valence-corrected chi connectivity index (χ3v) is 7.28. The van der Waals surface area contributed by atoms with Crippen molar-refractivity contribution >= 4 is 23.6 Å². The van der Waals surface area contributed by atoms with Gasteiger partial charge in [-0.05, 0) is 79.1 Å². The van der Waals surface area contributed by atoms with Crippen LogP contribution in [0.1, 0.15) is 39.1 Å². The van der Waals surface area contributed by atoms with Crippen LogP contribution in [0, 0.1) is 36.5 Å². The van der Waals surface area contributed by atoms with Crippen LogP contribution < -0.4 is 15.8 Å². The van der Waals surface area contributed by atoms with Crippen LogP contribution in [-0.2, 0) is 28.9 Å². The minimum Gasteiger partial charge on any atom is -0.508 e. The number of aromatic hydroxyl groups is 1. The number of phenolic OH excluding ortho intramolecular Hbond substituents is 1. The van der Waals surface area contributed by atoms with E-state index in [0.717, 1.165) is 11.1 Å². The number of rotatable bonds is 8. The quantitative estimate of drug-likeness (QED) is 0.255. The molecule has 5 rings (SSSR count). The van der Waals surface area contributed by atoms with Gasteiger partial charge in [0.25, 0.3) is 5.91 Å². The minimum atomic E-state index is -1.20. The maximum absolute atomic E-state index is 13.7. The molecular weight excluding hydrogens is 574 g/mol. The van der Waals surface area contributed by atoms with Crippen molar-refractivity contribution in [3.8, 4) is 29.5 Å². The Morgan fingerprint density at radius 1 is 1.02 bits per heavy atom. The summed E-state index contributed by atoms with van der Waals surface area (Å²) in [4.78, 5) is 36.4. The van der Waals surface area contributed by atoms with Crippen molar-refractivity contribution in [2.45, 2.75) is 39.3 Å². The molecular formula is C33H29N7O5. The van der Waals surface area contributed by atoms with Gasteiger partial charge in [0.2, 0.25) is 11.8 Å². The number of phenols is 1. The number of carbonyl (C=O) groups is 2. The highest BCUT2D eigenvalue weighted by molar-refractivity contribution is 5.84. The Morgan fingerprint density at radius 3 is 2.31 bits per heavy atom. The second kappa shape index (κ2) is 13.0. The molecule has 0 bridgehead atoms. The van der Waals surface area contributed by atoms with Crippen LogP contribution in [0.5, 0.6) is 17.4 Å². The number of nitrogens with two attached hydrogens (primary N) is 1. The molecule has 1 aliphatic heterocycles. The van der Waals surface area contributed by atoms with E-state index in [4.69, 9.17) is 25.5 Å². The molecule has 12 heteroatoms. The molecule has 45 heavy (non-hydrogen) atoms. The van der Waals surface area contributed by atoms with E-state index in [9.17, 15) is 20.0 Å². The topological polar surface area (TPSA) is 187 Å². The fourth-order valence-electron chi connectivity index (χ4n) is 5.11. The van der Waals surface area contributed by atoms with E-state index in [2.05, 4.69) is 22.4 Å². The molecule has 0 aliphatic carbocycles. The number of aryl methyl sites for hydroxylation is 2. The molecule has 2 amide bonds. The number of nitriles is 2. The lowest BCUT2D eigenvalue weighted by atomic mass is 10.0. The van der Waals surface area contributed by atoms with Crippen molar-refractivity contribution in [1.29, 1.82) is 10.5 Å². The first-order valence-electron chi connectivity index (χ1n) is 14.0. The van der Waals surface area contributed by atoms with Gasteiger partial charge < -0.3 is 30.5 Å². The molecule has 0 radical (unpaired) electrons. The molecule has 1 aromatic heterocycles. The van der Waals surface area contributed by atoms with Gasteiger partial charge in [-0.1, -0.05) is 12.1 Å². The Hall–Kier alpha value is -6.14. The molecule has 0 unspecified atom stereocenters. The van der Waals surface area contributed by atoms with E-state index in [1.807, 2.05) is 13.8 Å². The van der Waals surface area contributed by atoms with Crippen molar-refractivity contribution in [2.75, 3.05) is 11.9 Å². The van der Waals surface area contributed by atoms with Gasteiger partial charge in [-0.25, -0.2) is 9.78 Å². The Labute approximate surface area is 259 Å². The molecule has 2 heterocycles. The second-order valence-corrected chi connectivity index (χ2v) is 10.6. The van der Waals surface area contributed by atoms with Crippen molar-refractivity contribution < 1.29 is 24.2 Å². The zero-order chi connectivity index (χ0) is 32.1. The molecule has 12 nitrogen and oxygen atoms in total. The maximum atomic E-state index is 13.7. The highest BCUT2D eigenvalue weighted by atomic mass is 16.6. The summed E-state index contributed by atoms with van der Waals surface area (Å²) in [6.07, 6.45) is -1.86. The predicted molar refractivity (Wildman–Crippen MR) is 163 cm³/mol. The monoisotopic (exact) mass is 603 g/mol. The number of primary amides is 1. The lowest BCUT2D eigenvalue weighted by Gasteiger charge is -2.32. The number of carbonyl (C=O) groups excluding carboxylic acids is 2. The first-order valence-corrected chi connectivity index (χ1v) is 14.0. The van der Waals surface area contributed by atoms with Gasteiger partial charge in [0, 0.05) is 25.1 Å². The van der Waals surface area contributed by atoms with Gasteiger partial charge in [-0.3, -0.25) is 4.79 Å². The molecule has 1 atom stereocenters. The van der Waals surface area contributed by atoms with Crippen LogP contribution in [0.25, 0.3) is 0 Å². The van der Waals surface area contributed by atoms with Crippen molar-refractivity contribution in [3.05, 3.63) is 99.7 Å². The third kappa shape index (κ3) is 7.09. The number of nitrogens with zero attached hydrogens (tertiary/aromatic N) is 5. The number of hydrogen-bond donors (Lipinski definition) is 3. The summed E-state index contributed by atoms with van der Waals surface area (Å²) in [7, 11) is 0. The summed E-state index contributed by atoms with van der Waals surface area (Å²) in [5.74, 6) is 0.613. The maximum Gasteiger partial charge on any atom is 0.405 e. The summed E-state index contributed by atoms with van der Waals surface area (Å²) in [6.45, 7) is 4.01. The first-order chi connectivity index (χ1) is 21.6. The van der Waals surface area contributed by atoms with Crippen LogP contribution in [0.15, 0.2) is 60.7 Å². The number of benzene rings is 3. The summed E-state index contributed by atoms with van der Waals surface area (Å²) in [5, 5.41) is 31.3. The standard InChI is InChI=1S/C33H29N7O5/c1-19-13-23(17-35)14-20(2)29(19)45-30-26-18-40(31(42)28(44-32(36)43)15-21-5-9-25(41)10-6-21)12-11-27(26)38-33(39-30)37-24-7-3-22(16-34)4-8-24/h3-10,13-14,28,41H,11-12,15,18H2,1-2H3,(H2,36,43)(H,37,38,39)/t28-/m0/s1. The summed E-state index contributed by atoms with van der Waals surface area (Å²) in [6, 6.07) is 20.7. The summed E-state index contributed by atoms with van der Waals surface area (Å²) >= 11 is 0. The Morgan fingerprint density at radius 2 is 1.69 bits per heavy atom. The number of anilines is 2. The van der Waals surface area contributed by atoms with Crippen molar-refractivity contribution in [2.24, 2.45) is 5.73 Å². The predicted octanol–water partition coefficient (Wildman–Crippen LogP) is 4.67. The number of aromatic nitrogens is 2. The smallest absolute Gasteiger partial charge is 0.405 e. The molecule has 0 saturated carbocycles. The number of hydrogen-bond acceptors (Lipinski definition) is 10. The SMILES string of the molecule is Cc1cc(C#N)cc(C)c1Oc1nc(Nc2ccc(C#N)cc2)nc2c1CN(C(=O)[C@H](Cc1ccc(O)cc1)OC(N)=O)CC2. The average molecular weight is 604 g/mol. The van der Waals surface area contributed by atoms with Crippen LogP contribution in [-0.4, -0.2) is 44.6 Å². The summed E-state index contributed by atoms with van der Waals surface area (Å²) < 4.78 is 11.6. The average Bonchev–Trinajstić information content (AvgIpc) is 3.03. The van der Waals surface area contributed by atoms with Gasteiger partial charge >= 0.3 is 6.09 Å². The highest BCUT2D eigenvalue weighted by Crippen LogP contribution is 2.35. The lowest BCUT2D eigenvalue weighted by molar-refractivity contribution is -0.141. The van der Waals surface area contributed by atoms with E-state index in [-0.39, 0.29) is 37.1 Å². The zero-order valence-electron chi connectivity index (χ0n) is 24.6. The normalized spacial score (nSPS) is 12.7. The first kappa shape index (κ1) is 30.3. The van der Waals surface area contributed by atoms with E-state index in [1.165, 1.54) is 12.1 Å². The zero-order valence-corrected chi connectivity index (χ0v) is 24.6. The van der Waals surface area contributed by atoms with E-state index < -0.39 is 18.1 Å². The molecule has 4 aromatic rings. The van der Waals surface area contributed by atoms with Crippen LogP contribution in [0.4, 0.5) is 16.4 Å². The number of amides is 2. The van der Waals surface area contributed by atoms with Gasteiger partial charge in [-0.2, -0.15) is 15.5 Å². The van der Waals surface area contributed by atoms with Crippen LogP contribution in [0.3, 0.4) is 0 Å². The van der Waals surface area contributed by atoms with E-state index >= 15 is 0 Å². The van der Waals surface area contributed by atoms with Crippen LogP contribution >= 0.6 is 0 Å². The Balaban J connectivity index is 1.48. The van der Waals surface area contributed by atoms with Gasteiger partial charge in [0.15, 0.2) is 6.10 Å². The molecule has 3 aromatic carbocycles. The van der Waals surface area contributed by atoms with Crippen molar-refractivity contribution in [3.63, 3.8) is 0 Å². The molecule has 0 fully saturated rings. The van der Waals surface area contributed by atoms with Crippen LogP contribution in [0.2, 0.25) is 0 Å². The van der Waals surface area contributed by atoms with Gasteiger partial charge in [0.1, 0.15) is 11.5 Å². The highest BCUT2D eigenvalue weighted by Gasteiger charge is 2.33. The van der Waals surface area contributed by atoms with E-state index in [0.29, 0.717) is 45.8 Å². The Bertz CT molecular complexity index is 1820. The fourth-order valence-corrected chi connectivity index (χ4v) is 5.11. The minimum absolute atomic E-state index is 0.0579. The number of fused-ring (bicyclic) bond motifs is 1. The van der Waals surface area contributed by atoms with Crippen molar-refractivity contribution in [1.82, 2.24) is 14.9 Å². The number of ether oxygens (including phenoxy) is 2. The molecule has 0 saturated heterocycles. The molecule has 4 N–H and O–H groups in total. The fraction of sp³-hybridized carbons (Fsp3) is 0.212. The second-order valence-electron chi connectivity index (χ2n) is 10.6. The summed E-state index contributed by atoms with van der Waals surface area (Å²) in [5.41, 5.74) is 10.4. The molecule has 0 spiro atoms.